The maximum atomic E-state index is 11.9. The van der Waals surface area contributed by atoms with E-state index in [-0.39, 0.29) is 12.2 Å². The molecule has 0 fully saturated rings. The van der Waals surface area contributed by atoms with Crippen molar-refractivity contribution in [1.82, 2.24) is 14.7 Å². The van der Waals surface area contributed by atoms with Crippen molar-refractivity contribution in [3.05, 3.63) is 74.5 Å². The van der Waals surface area contributed by atoms with Crippen LogP contribution in [0.4, 0.5) is 5.69 Å². The maximum Gasteiger partial charge on any atom is 0.442 e. The number of rotatable bonds is 4. The lowest BCUT2D eigenvalue weighted by atomic mass is 10.2. The molecule has 1 aromatic carbocycles. The van der Waals surface area contributed by atoms with Gasteiger partial charge in [-0.25, -0.2) is 4.79 Å². The standard InChI is InChI=1S/C15H12N4O4/c1-10-3-2-8-16-13(10)9-18-14(17-23-15(18)20)11-4-6-12(7-5-11)19(21)22/h2-8H,9H2,1H3. The Bertz CT molecular complexity index is 912. The molecule has 3 rings (SSSR count). The van der Waals surface area contributed by atoms with Crippen LogP contribution in [0.1, 0.15) is 11.3 Å². The van der Waals surface area contributed by atoms with E-state index in [1.165, 1.54) is 28.8 Å². The van der Waals surface area contributed by atoms with Crippen LogP contribution in [0.3, 0.4) is 0 Å². The number of pyridine rings is 1. The van der Waals surface area contributed by atoms with Gasteiger partial charge >= 0.3 is 5.76 Å². The molecule has 0 saturated heterocycles. The molecular formula is C15H12N4O4. The van der Waals surface area contributed by atoms with Crippen molar-refractivity contribution in [2.45, 2.75) is 13.5 Å². The van der Waals surface area contributed by atoms with E-state index in [1.54, 1.807) is 6.20 Å². The summed E-state index contributed by atoms with van der Waals surface area (Å²) in [6.07, 6.45) is 1.65. The van der Waals surface area contributed by atoms with Crippen LogP contribution < -0.4 is 5.76 Å². The first kappa shape index (κ1) is 14.6. The molecule has 0 spiro atoms. The monoisotopic (exact) mass is 312 g/mol. The Morgan fingerprint density at radius 2 is 2.00 bits per heavy atom. The fraction of sp³-hybridized carbons (Fsp3) is 0.133. The Morgan fingerprint density at radius 1 is 1.26 bits per heavy atom. The Balaban J connectivity index is 2.00. The third-order valence-electron chi connectivity index (χ3n) is 3.45. The first-order valence-electron chi connectivity index (χ1n) is 6.78. The molecular weight excluding hydrogens is 300 g/mol. The van der Waals surface area contributed by atoms with Crippen LogP contribution in [0.5, 0.6) is 0 Å². The van der Waals surface area contributed by atoms with Gasteiger partial charge < -0.3 is 0 Å². The molecule has 0 atom stereocenters. The van der Waals surface area contributed by atoms with Crippen LogP contribution in [-0.2, 0) is 6.54 Å². The Hall–Kier alpha value is -3.29. The molecule has 23 heavy (non-hydrogen) atoms. The van der Waals surface area contributed by atoms with E-state index in [0.717, 1.165) is 11.3 Å². The third kappa shape index (κ3) is 2.86. The van der Waals surface area contributed by atoms with Gasteiger partial charge in [-0.15, -0.1) is 0 Å². The molecule has 0 bridgehead atoms. The number of hydrogen-bond donors (Lipinski definition) is 0. The van der Waals surface area contributed by atoms with Crippen molar-refractivity contribution in [3.63, 3.8) is 0 Å². The summed E-state index contributed by atoms with van der Waals surface area (Å²) in [5.41, 5.74) is 2.18. The zero-order valence-corrected chi connectivity index (χ0v) is 12.2. The van der Waals surface area contributed by atoms with Gasteiger partial charge in [0.2, 0.25) is 0 Å². The summed E-state index contributed by atoms with van der Waals surface area (Å²) in [7, 11) is 0. The van der Waals surface area contributed by atoms with Crippen LogP contribution in [0.25, 0.3) is 11.4 Å². The second kappa shape index (κ2) is 5.84. The van der Waals surface area contributed by atoms with Gasteiger partial charge in [0.25, 0.3) is 5.69 Å². The molecule has 8 nitrogen and oxygen atoms in total. The minimum atomic E-state index is -0.608. The fourth-order valence-electron chi connectivity index (χ4n) is 2.18. The summed E-state index contributed by atoms with van der Waals surface area (Å²) in [5.74, 6) is -0.307. The molecule has 0 unspecified atom stereocenters. The van der Waals surface area contributed by atoms with E-state index in [9.17, 15) is 14.9 Å². The van der Waals surface area contributed by atoms with Gasteiger partial charge in [0.1, 0.15) is 0 Å². The average molecular weight is 312 g/mol. The molecule has 0 aliphatic rings. The number of hydrogen-bond acceptors (Lipinski definition) is 6. The minimum absolute atomic E-state index is 0.0355. The maximum absolute atomic E-state index is 11.9. The second-order valence-electron chi connectivity index (χ2n) is 4.93. The number of nitro benzene ring substituents is 1. The van der Waals surface area contributed by atoms with Gasteiger partial charge in [-0.2, -0.15) is 0 Å². The quantitative estimate of drug-likeness (QED) is 0.540. The molecule has 0 radical (unpaired) electrons. The van der Waals surface area contributed by atoms with E-state index in [0.29, 0.717) is 11.4 Å². The first-order valence-corrected chi connectivity index (χ1v) is 6.78. The predicted octanol–water partition coefficient (Wildman–Crippen LogP) is 2.16. The van der Waals surface area contributed by atoms with Crippen LogP contribution in [0, 0.1) is 17.0 Å². The smallest absolute Gasteiger partial charge is 0.295 e. The Kier molecular flexibility index (Phi) is 3.71. The number of nitro groups is 1. The zero-order valence-electron chi connectivity index (χ0n) is 12.2. The number of nitrogens with zero attached hydrogens (tertiary/aromatic N) is 4. The number of aryl methyl sites for hydroxylation is 1. The molecule has 3 aromatic rings. The number of benzene rings is 1. The summed E-state index contributed by atoms with van der Waals surface area (Å²) < 4.78 is 6.08. The summed E-state index contributed by atoms with van der Waals surface area (Å²) in [4.78, 5) is 26.4. The van der Waals surface area contributed by atoms with Crippen LogP contribution in [0.15, 0.2) is 51.9 Å². The fourth-order valence-corrected chi connectivity index (χ4v) is 2.18. The second-order valence-corrected chi connectivity index (χ2v) is 4.93. The van der Waals surface area contributed by atoms with Gasteiger partial charge in [-0.1, -0.05) is 11.2 Å². The van der Waals surface area contributed by atoms with Gasteiger partial charge in [0.05, 0.1) is 17.2 Å². The molecule has 2 aromatic heterocycles. The molecule has 0 amide bonds. The van der Waals surface area contributed by atoms with Crippen molar-refractivity contribution < 1.29 is 9.45 Å². The minimum Gasteiger partial charge on any atom is -0.295 e. The molecule has 0 aliphatic heterocycles. The third-order valence-corrected chi connectivity index (χ3v) is 3.45. The topological polar surface area (TPSA) is 104 Å². The Labute approximate surface area is 130 Å². The normalized spacial score (nSPS) is 10.7. The van der Waals surface area contributed by atoms with Crippen LogP contribution in [-0.4, -0.2) is 19.6 Å². The summed E-state index contributed by atoms with van der Waals surface area (Å²) in [5, 5.41) is 14.5. The van der Waals surface area contributed by atoms with Crippen molar-refractivity contribution in [1.29, 1.82) is 0 Å². The van der Waals surface area contributed by atoms with E-state index in [2.05, 4.69) is 10.1 Å². The average Bonchev–Trinajstić information content (AvgIpc) is 2.91. The highest BCUT2D eigenvalue weighted by Crippen LogP contribution is 2.20. The highest BCUT2D eigenvalue weighted by atomic mass is 16.6. The lowest BCUT2D eigenvalue weighted by molar-refractivity contribution is -0.384. The van der Waals surface area contributed by atoms with E-state index < -0.39 is 10.7 Å². The molecule has 8 heteroatoms. The molecule has 0 saturated carbocycles. The number of non-ortho nitro benzene ring substituents is 1. The Morgan fingerprint density at radius 3 is 2.65 bits per heavy atom. The number of aromatic nitrogens is 3. The van der Waals surface area contributed by atoms with Crippen molar-refractivity contribution in [2.24, 2.45) is 0 Å². The van der Waals surface area contributed by atoms with Gasteiger partial charge in [-0.3, -0.25) is 24.2 Å². The van der Waals surface area contributed by atoms with Gasteiger partial charge in [-0.05, 0) is 30.7 Å². The molecule has 0 N–H and O–H groups in total. The zero-order chi connectivity index (χ0) is 16.4. The lowest BCUT2D eigenvalue weighted by Gasteiger charge is -2.06. The van der Waals surface area contributed by atoms with E-state index in [1.807, 2.05) is 19.1 Å². The van der Waals surface area contributed by atoms with Crippen LogP contribution in [0.2, 0.25) is 0 Å². The molecule has 2 heterocycles. The summed E-state index contributed by atoms with van der Waals surface area (Å²) >= 11 is 0. The van der Waals surface area contributed by atoms with Crippen molar-refractivity contribution in [3.8, 4) is 11.4 Å². The van der Waals surface area contributed by atoms with E-state index >= 15 is 0 Å². The molecule has 116 valence electrons. The summed E-state index contributed by atoms with van der Waals surface area (Å²) in [6.45, 7) is 2.10. The van der Waals surface area contributed by atoms with Crippen LogP contribution >= 0.6 is 0 Å². The summed E-state index contributed by atoms with van der Waals surface area (Å²) in [6, 6.07) is 9.46. The van der Waals surface area contributed by atoms with Gasteiger partial charge in [0, 0.05) is 23.9 Å². The highest BCUT2D eigenvalue weighted by molar-refractivity contribution is 5.57. The largest absolute Gasteiger partial charge is 0.442 e. The first-order chi connectivity index (χ1) is 11.1. The lowest BCUT2D eigenvalue weighted by Crippen LogP contribution is -2.17. The highest BCUT2D eigenvalue weighted by Gasteiger charge is 2.15. The predicted molar refractivity (Wildman–Crippen MR) is 80.9 cm³/mol. The van der Waals surface area contributed by atoms with E-state index in [4.69, 9.17) is 4.52 Å². The SMILES string of the molecule is Cc1cccnc1Cn1c(-c2ccc([N+](=O)[O-])cc2)noc1=O. The van der Waals surface area contributed by atoms with Crippen molar-refractivity contribution >= 4 is 5.69 Å². The van der Waals surface area contributed by atoms with Crippen molar-refractivity contribution in [2.75, 3.05) is 0 Å². The van der Waals surface area contributed by atoms with Gasteiger partial charge in [0.15, 0.2) is 5.82 Å². The molecule has 0 aliphatic carbocycles.